The molecule has 1 aromatic carbocycles. The van der Waals surface area contributed by atoms with Crippen molar-refractivity contribution in [2.75, 3.05) is 6.26 Å². The average Bonchev–Trinajstić information content (AvgIpc) is 2.18. The molecular weight excluding hydrogens is 475 g/mol. The van der Waals surface area contributed by atoms with E-state index in [-0.39, 0.29) is 0 Å². The first-order valence-corrected chi connectivity index (χ1v) is 9.34. The van der Waals surface area contributed by atoms with Crippen LogP contribution in [0.15, 0.2) is 12.1 Å². The smallest absolute Gasteiger partial charge is 0.306 e. The summed E-state index contributed by atoms with van der Waals surface area (Å²) in [5.41, 5.74) is 1.90. The number of alkyl halides is 2. The quantitative estimate of drug-likeness (QED) is 0.374. The van der Waals surface area contributed by atoms with E-state index in [2.05, 4.69) is 54.5 Å². The van der Waals surface area contributed by atoms with Crippen LogP contribution in [-0.2, 0) is 20.8 Å². The third kappa shape index (κ3) is 3.85. The normalized spacial score (nSPS) is 11.5. The molecule has 0 fully saturated rings. The molecule has 1 rings (SSSR count). The first-order valence-electron chi connectivity index (χ1n) is 4.20. The second-order valence-electron chi connectivity index (χ2n) is 3.06. The van der Waals surface area contributed by atoms with E-state index in [4.69, 9.17) is 4.18 Å². The lowest BCUT2D eigenvalue weighted by molar-refractivity contribution is 0.490. The zero-order valence-corrected chi connectivity index (χ0v) is 14.5. The molecule has 0 N–H and O–H groups in total. The summed E-state index contributed by atoms with van der Waals surface area (Å²) in [5, 5.41) is 1.21. The molecular formula is C9H9Br2IO3S. The van der Waals surface area contributed by atoms with E-state index in [1.165, 1.54) is 0 Å². The molecule has 0 heterocycles. The van der Waals surface area contributed by atoms with Crippen LogP contribution in [0.3, 0.4) is 0 Å². The summed E-state index contributed by atoms with van der Waals surface area (Å²) in [5.74, 6) is 0.384. The van der Waals surface area contributed by atoms with Gasteiger partial charge in [-0.15, -0.1) is 0 Å². The molecule has 7 heteroatoms. The number of benzene rings is 1. The van der Waals surface area contributed by atoms with E-state index in [0.717, 1.165) is 21.0 Å². The topological polar surface area (TPSA) is 43.4 Å². The van der Waals surface area contributed by atoms with Crippen molar-refractivity contribution in [2.24, 2.45) is 0 Å². The van der Waals surface area contributed by atoms with Gasteiger partial charge in [-0.1, -0.05) is 31.9 Å². The van der Waals surface area contributed by atoms with Crippen molar-refractivity contribution in [3.05, 3.63) is 26.8 Å². The molecule has 0 atom stereocenters. The number of hydrogen-bond donors (Lipinski definition) is 0. The highest BCUT2D eigenvalue weighted by Crippen LogP contribution is 2.31. The van der Waals surface area contributed by atoms with Crippen molar-refractivity contribution in [3.63, 3.8) is 0 Å². The van der Waals surface area contributed by atoms with Crippen LogP contribution in [0.5, 0.6) is 5.75 Å². The first-order chi connectivity index (χ1) is 7.39. The van der Waals surface area contributed by atoms with Gasteiger partial charge in [0.25, 0.3) is 0 Å². The molecule has 0 aliphatic carbocycles. The minimum atomic E-state index is -3.49. The van der Waals surface area contributed by atoms with Gasteiger partial charge in [-0.25, -0.2) is 0 Å². The van der Waals surface area contributed by atoms with E-state index >= 15 is 0 Å². The first kappa shape index (κ1) is 14.7. The summed E-state index contributed by atoms with van der Waals surface area (Å²) in [6, 6.07) is 3.51. The molecule has 0 spiro atoms. The molecule has 0 aromatic heterocycles. The lowest BCUT2D eigenvalue weighted by atomic mass is 10.1. The molecule has 0 saturated carbocycles. The fourth-order valence-corrected chi connectivity index (χ4v) is 4.13. The van der Waals surface area contributed by atoms with Crippen LogP contribution >= 0.6 is 54.5 Å². The van der Waals surface area contributed by atoms with Crippen LogP contribution in [0.25, 0.3) is 0 Å². The summed E-state index contributed by atoms with van der Waals surface area (Å²) in [4.78, 5) is 0. The zero-order chi connectivity index (χ0) is 12.3. The van der Waals surface area contributed by atoms with Crippen LogP contribution in [0.2, 0.25) is 0 Å². The van der Waals surface area contributed by atoms with Crippen LogP contribution in [0.1, 0.15) is 11.1 Å². The Balaban J connectivity index is 3.30. The van der Waals surface area contributed by atoms with Crippen molar-refractivity contribution in [1.82, 2.24) is 0 Å². The van der Waals surface area contributed by atoms with Crippen molar-refractivity contribution in [2.45, 2.75) is 10.7 Å². The van der Waals surface area contributed by atoms with E-state index < -0.39 is 10.1 Å². The Bertz CT molecular complexity index is 488. The molecule has 0 radical (unpaired) electrons. The summed E-state index contributed by atoms with van der Waals surface area (Å²) < 4.78 is 28.2. The van der Waals surface area contributed by atoms with Crippen molar-refractivity contribution < 1.29 is 12.6 Å². The van der Waals surface area contributed by atoms with Gasteiger partial charge in [0.2, 0.25) is 0 Å². The summed E-state index contributed by atoms with van der Waals surface area (Å²) in [7, 11) is -3.49. The lowest BCUT2D eigenvalue weighted by Gasteiger charge is -2.12. The molecule has 0 saturated heterocycles. The number of hydrogen-bond acceptors (Lipinski definition) is 3. The zero-order valence-electron chi connectivity index (χ0n) is 8.34. The maximum absolute atomic E-state index is 11.1. The van der Waals surface area contributed by atoms with Gasteiger partial charge in [-0.05, 0) is 40.3 Å². The van der Waals surface area contributed by atoms with Gasteiger partial charge in [0.1, 0.15) is 5.75 Å². The van der Waals surface area contributed by atoms with Gasteiger partial charge in [0.05, 0.1) is 6.26 Å². The highest BCUT2D eigenvalue weighted by atomic mass is 127. The maximum atomic E-state index is 11.1. The predicted molar refractivity (Wildman–Crippen MR) is 79.9 cm³/mol. The van der Waals surface area contributed by atoms with E-state index in [0.29, 0.717) is 16.4 Å². The van der Waals surface area contributed by atoms with Crippen molar-refractivity contribution >= 4 is 64.6 Å². The summed E-state index contributed by atoms with van der Waals surface area (Å²) in [6.07, 6.45) is 1.04. The van der Waals surface area contributed by atoms with Gasteiger partial charge in [0.15, 0.2) is 0 Å². The van der Waals surface area contributed by atoms with Gasteiger partial charge >= 0.3 is 10.1 Å². The Morgan fingerprint density at radius 2 is 1.81 bits per heavy atom. The highest BCUT2D eigenvalue weighted by molar-refractivity contribution is 14.1. The van der Waals surface area contributed by atoms with Gasteiger partial charge in [-0.2, -0.15) is 8.42 Å². The van der Waals surface area contributed by atoms with E-state index in [1.54, 1.807) is 6.07 Å². The molecule has 90 valence electrons. The van der Waals surface area contributed by atoms with Gasteiger partial charge in [0, 0.05) is 19.8 Å². The second-order valence-corrected chi connectivity index (χ2v) is 6.92. The van der Waals surface area contributed by atoms with Gasteiger partial charge < -0.3 is 4.18 Å². The molecule has 0 bridgehead atoms. The molecule has 16 heavy (non-hydrogen) atoms. The Morgan fingerprint density at radius 3 is 2.25 bits per heavy atom. The fraction of sp³-hybridized carbons (Fsp3) is 0.333. The Kier molecular flexibility index (Phi) is 5.53. The molecule has 0 unspecified atom stereocenters. The van der Waals surface area contributed by atoms with E-state index in [9.17, 15) is 8.42 Å². The summed E-state index contributed by atoms with van der Waals surface area (Å²) in [6.45, 7) is 0. The van der Waals surface area contributed by atoms with Crippen LogP contribution in [-0.4, -0.2) is 14.7 Å². The van der Waals surface area contributed by atoms with Crippen LogP contribution in [0, 0.1) is 3.57 Å². The standard InChI is InChI=1S/C9H9Br2IO3S/c1-16(13,14)15-9-3-2-8(12)6(4-10)7(9)5-11/h2-3H,4-5H2,1H3. The largest absolute Gasteiger partial charge is 0.382 e. The molecule has 3 nitrogen and oxygen atoms in total. The third-order valence-corrected chi connectivity index (χ3v) is 4.45. The predicted octanol–water partition coefficient (Wildman–Crippen LogP) is 3.42. The summed E-state index contributed by atoms with van der Waals surface area (Å²) >= 11 is 8.93. The maximum Gasteiger partial charge on any atom is 0.306 e. The minimum absolute atomic E-state index is 0.384. The Morgan fingerprint density at radius 1 is 1.25 bits per heavy atom. The Hall–Kier alpha value is 0.660. The van der Waals surface area contributed by atoms with Crippen molar-refractivity contribution in [3.8, 4) is 5.75 Å². The molecule has 0 aliphatic rings. The minimum Gasteiger partial charge on any atom is -0.382 e. The van der Waals surface area contributed by atoms with Gasteiger partial charge in [-0.3, -0.25) is 0 Å². The molecule has 1 aromatic rings. The number of halogens is 3. The number of rotatable bonds is 4. The Labute approximate surface area is 125 Å². The second kappa shape index (κ2) is 6.01. The molecule has 0 aliphatic heterocycles. The third-order valence-electron chi connectivity index (χ3n) is 1.84. The van der Waals surface area contributed by atoms with Crippen LogP contribution < -0.4 is 4.18 Å². The van der Waals surface area contributed by atoms with E-state index in [1.807, 2.05) is 6.07 Å². The fourth-order valence-electron chi connectivity index (χ4n) is 1.18. The molecule has 0 amide bonds. The monoisotopic (exact) mass is 482 g/mol. The highest BCUT2D eigenvalue weighted by Gasteiger charge is 2.14. The average molecular weight is 484 g/mol. The SMILES string of the molecule is CS(=O)(=O)Oc1ccc(I)c(CBr)c1CBr. The van der Waals surface area contributed by atoms with Crippen molar-refractivity contribution in [1.29, 1.82) is 0 Å². The van der Waals surface area contributed by atoms with Crippen LogP contribution in [0.4, 0.5) is 0 Å². The lowest BCUT2D eigenvalue weighted by Crippen LogP contribution is -2.08.